The largest absolute Gasteiger partial charge is 0.351 e. The van der Waals surface area contributed by atoms with Gasteiger partial charge in [-0.2, -0.15) is 0 Å². The molecule has 41 heavy (non-hydrogen) atoms. The van der Waals surface area contributed by atoms with Crippen molar-refractivity contribution in [3.8, 4) is 0 Å². The number of alkyl halides is 2. The lowest BCUT2D eigenvalue weighted by molar-refractivity contribution is 0.0124. The molecule has 1 fully saturated rings. The van der Waals surface area contributed by atoms with Gasteiger partial charge in [-0.1, -0.05) is 23.4 Å². The smallest absolute Gasteiger partial charge is 0.261 e. The van der Waals surface area contributed by atoms with E-state index in [2.05, 4.69) is 28.2 Å². The molecular weight excluding hydrogens is 544 g/mol. The second kappa shape index (κ2) is 12.7. The van der Waals surface area contributed by atoms with E-state index in [-0.39, 0.29) is 24.7 Å². The van der Waals surface area contributed by atoms with Gasteiger partial charge < -0.3 is 10.2 Å². The van der Waals surface area contributed by atoms with Crippen molar-refractivity contribution in [1.82, 2.24) is 15.1 Å². The van der Waals surface area contributed by atoms with E-state index in [9.17, 15) is 18.4 Å². The number of hydrogen-bond acceptors (Lipinski definition) is 4. The highest BCUT2D eigenvalue weighted by Crippen LogP contribution is 2.27. The van der Waals surface area contributed by atoms with Crippen molar-refractivity contribution in [3.05, 3.63) is 86.4 Å². The van der Waals surface area contributed by atoms with Crippen LogP contribution in [0, 0.1) is 12.8 Å². The molecule has 0 radical (unpaired) electrons. The molecule has 1 atom stereocenters. The third-order valence-electron chi connectivity index (χ3n) is 8.29. The maximum atomic E-state index is 13.4. The lowest BCUT2D eigenvalue weighted by Crippen LogP contribution is -2.38. The number of allylic oxidation sites excluding steroid dienone is 2. The number of benzene rings is 2. The number of halogens is 3. The molecule has 0 saturated carbocycles. The van der Waals surface area contributed by atoms with Gasteiger partial charge in [0.2, 0.25) is 0 Å². The zero-order chi connectivity index (χ0) is 29.0. The molecule has 3 aliphatic rings. The number of Topliss-reactive ketones (excluding diaryl/α,β-unsaturated/α-hetero) is 1. The van der Waals surface area contributed by atoms with Gasteiger partial charge >= 0.3 is 0 Å². The van der Waals surface area contributed by atoms with E-state index in [0.717, 1.165) is 60.2 Å². The minimum atomic E-state index is -2.63. The van der Waals surface area contributed by atoms with Gasteiger partial charge in [-0.3, -0.25) is 14.5 Å². The van der Waals surface area contributed by atoms with Crippen LogP contribution in [0.4, 0.5) is 8.78 Å². The lowest BCUT2D eigenvalue weighted by atomic mass is 9.88. The monoisotopic (exact) mass is 579 g/mol. The summed E-state index contributed by atoms with van der Waals surface area (Å²) in [6.45, 7) is 3.64. The number of fused-ring (bicyclic) bond motifs is 1. The maximum Gasteiger partial charge on any atom is 0.261 e. The Balaban J connectivity index is 1.19. The first kappa shape index (κ1) is 29.2. The predicted molar refractivity (Wildman–Crippen MR) is 158 cm³/mol. The van der Waals surface area contributed by atoms with E-state index in [4.69, 9.17) is 11.6 Å². The van der Waals surface area contributed by atoms with Gasteiger partial charge in [-0.15, -0.1) is 0 Å². The zero-order valence-corrected chi connectivity index (χ0v) is 24.2. The van der Waals surface area contributed by atoms with Crippen LogP contribution in [0.15, 0.2) is 54.2 Å². The van der Waals surface area contributed by atoms with Crippen LogP contribution in [0.1, 0.15) is 64.8 Å². The highest BCUT2D eigenvalue weighted by molar-refractivity contribution is 6.30. The van der Waals surface area contributed by atoms with E-state index in [1.807, 2.05) is 25.3 Å². The van der Waals surface area contributed by atoms with Crippen molar-refractivity contribution in [1.29, 1.82) is 0 Å². The second-order valence-corrected chi connectivity index (χ2v) is 11.8. The van der Waals surface area contributed by atoms with Gasteiger partial charge in [0.15, 0.2) is 5.78 Å². The quantitative estimate of drug-likeness (QED) is 0.445. The third kappa shape index (κ3) is 7.34. The Kier molecular flexibility index (Phi) is 9.08. The van der Waals surface area contributed by atoms with Crippen molar-refractivity contribution in [2.45, 2.75) is 51.4 Å². The van der Waals surface area contributed by atoms with E-state index in [1.54, 1.807) is 29.2 Å². The molecule has 1 unspecified atom stereocenters. The molecule has 5 rings (SSSR count). The summed E-state index contributed by atoms with van der Waals surface area (Å²) in [6.07, 6.45) is 10.6. The number of nitrogens with one attached hydrogen (secondary N) is 1. The standard InChI is InChI=1S/C33H36ClF2N3O2/c1-23-29(32(41)37-16-19-38-18-15-33(35,36)22-38)13-10-25-14-17-39(21-30(23)25)20-24-4-2-6-26(7-3-5-24)31(40)27-8-11-28(34)12-9-27/h6,8-13,17,21,24H,2-5,7,15-16,18-20,22H2,1H3,(H,37,41)/b26-6-. The summed E-state index contributed by atoms with van der Waals surface area (Å²) in [5.74, 6) is -2.26. The minimum Gasteiger partial charge on any atom is -0.351 e. The zero-order valence-electron chi connectivity index (χ0n) is 23.4. The summed E-state index contributed by atoms with van der Waals surface area (Å²) >= 11 is 5.97. The molecule has 0 bridgehead atoms. The van der Waals surface area contributed by atoms with Crippen LogP contribution in [0.5, 0.6) is 0 Å². The number of ketones is 1. The maximum absolute atomic E-state index is 13.4. The number of likely N-dealkylation sites (tertiary alicyclic amines) is 1. The van der Waals surface area contributed by atoms with Crippen LogP contribution >= 0.6 is 11.6 Å². The number of amides is 1. The van der Waals surface area contributed by atoms with Gasteiger partial charge in [-0.25, -0.2) is 8.78 Å². The highest BCUT2D eigenvalue weighted by atomic mass is 35.5. The van der Waals surface area contributed by atoms with Gasteiger partial charge in [0.25, 0.3) is 11.8 Å². The summed E-state index contributed by atoms with van der Waals surface area (Å²) in [5, 5.41) is 5.44. The number of nitrogens with zero attached hydrogens (tertiary/aromatic N) is 2. The Hall–Kier alpha value is -3.25. The molecule has 0 spiro atoms. The number of carbonyl (C=O) groups excluding carboxylic acids is 2. The molecule has 2 aliphatic heterocycles. The predicted octanol–water partition coefficient (Wildman–Crippen LogP) is 5.06. The Labute approximate surface area is 244 Å². The first-order valence-corrected chi connectivity index (χ1v) is 14.8. The summed E-state index contributed by atoms with van der Waals surface area (Å²) < 4.78 is 26.9. The van der Waals surface area contributed by atoms with Gasteiger partial charge in [0.05, 0.1) is 6.54 Å². The third-order valence-corrected chi connectivity index (χ3v) is 8.55. The van der Waals surface area contributed by atoms with Crippen molar-refractivity contribution in [3.63, 3.8) is 0 Å². The van der Waals surface area contributed by atoms with Gasteiger partial charge in [0.1, 0.15) is 0 Å². The first-order chi connectivity index (χ1) is 19.7. The number of carbonyl (C=O) groups is 2. The first-order valence-electron chi connectivity index (χ1n) is 14.4. The van der Waals surface area contributed by atoms with Crippen LogP contribution in [-0.2, 0) is 0 Å². The Morgan fingerprint density at radius 1 is 1.15 bits per heavy atom. The Morgan fingerprint density at radius 3 is 2.71 bits per heavy atom. The van der Waals surface area contributed by atoms with Crippen molar-refractivity contribution in [2.24, 2.45) is 5.92 Å². The summed E-state index contributed by atoms with van der Waals surface area (Å²) in [7, 11) is 0. The minimum absolute atomic E-state index is 0.0894. The molecule has 2 heterocycles. The van der Waals surface area contributed by atoms with Crippen molar-refractivity contribution in [2.75, 3.05) is 32.7 Å². The Morgan fingerprint density at radius 2 is 1.95 bits per heavy atom. The molecule has 0 aromatic heterocycles. The van der Waals surface area contributed by atoms with Crippen LogP contribution in [-0.4, -0.2) is 60.1 Å². The van der Waals surface area contributed by atoms with Crippen LogP contribution in [0.2, 0.25) is 5.02 Å². The average molecular weight is 580 g/mol. The van der Waals surface area contributed by atoms with Gasteiger partial charge in [0, 0.05) is 71.6 Å². The number of hydrogen-bond donors (Lipinski definition) is 1. The molecule has 2 aromatic rings. The van der Waals surface area contributed by atoms with E-state index in [0.29, 0.717) is 41.7 Å². The molecule has 2 aromatic carbocycles. The number of rotatable bonds is 8. The van der Waals surface area contributed by atoms with E-state index in [1.165, 1.54) is 0 Å². The average Bonchev–Trinajstić information content (AvgIpc) is 3.28. The topological polar surface area (TPSA) is 52.7 Å². The molecular formula is C33H36ClF2N3O2. The highest BCUT2D eigenvalue weighted by Gasteiger charge is 2.37. The van der Waals surface area contributed by atoms with Gasteiger partial charge in [-0.05, 0) is 92.5 Å². The van der Waals surface area contributed by atoms with Crippen LogP contribution in [0.25, 0.3) is 11.9 Å². The summed E-state index contributed by atoms with van der Waals surface area (Å²) in [4.78, 5) is 29.7. The van der Waals surface area contributed by atoms with Crippen LogP contribution < -0.4 is 15.8 Å². The SMILES string of the molecule is Cc1c(C(=O)NCCN2CCC(F)(F)C2)ccc2c1=CN(CC1CC/C=C(\C(=O)c3ccc(Cl)cc3)CCC1)C=C=2. The fourth-order valence-corrected chi connectivity index (χ4v) is 6.07. The fourth-order valence-electron chi connectivity index (χ4n) is 5.94. The van der Waals surface area contributed by atoms with E-state index < -0.39 is 5.92 Å². The summed E-state index contributed by atoms with van der Waals surface area (Å²) in [6, 6.07) is 10.8. The normalized spacial score (nSPS) is 21.5. The fraction of sp³-hybridized carbons (Fsp3) is 0.424. The second-order valence-electron chi connectivity index (χ2n) is 11.3. The molecule has 1 amide bonds. The summed E-state index contributed by atoms with van der Waals surface area (Å²) in [5.41, 5.74) is 6.40. The molecule has 8 heteroatoms. The van der Waals surface area contributed by atoms with Crippen molar-refractivity contribution >= 4 is 35.2 Å². The molecule has 5 nitrogen and oxygen atoms in total. The molecule has 1 N–H and O–H groups in total. The molecule has 1 saturated heterocycles. The van der Waals surface area contributed by atoms with Crippen molar-refractivity contribution < 1.29 is 18.4 Å². The lowest BCUT2D eigenvalue weighted by Gasteiger charge is -2.25. The Bertz CT molecular complexity index is 1500. The van der Waals surface area contributed by atoms with Crippen LogP contribution in [0.3, 0.4) is 0 Å². The molecule has 216 valence electrons. The van der Waals surface area contributed by atoms with E-state index >= 15 is 0 Å². The molecule has 1 aliphatic carbocycles.